The fourth-order valence-corrected chi connectivity index (χ4v) is 7.86. The van der Waals surface area contributed by atoms with Crippen molar-refractivity contribution in [2.45, 2.75) is 0 Å². The second-order valence-corrected chi connectivity index (χ2v) is 12.9. The molecule has 0 fully saturated rings. The van der Waals surface area contributed by atoms with Gasteiger partial charge in [0, 0.05) is 32.8 Å². The van der Waals surface area contributed by atoms with Crippen molar-refractivity contribution in [1.29, 1.82) is 0 Å². The lowest BCUT2D eigenvalue weighted by Gasteiger charge is -2.15. The Morgan fingerprint density at radius 2 is 0.780 bits per heavy atom. The number of fused-ring (bicyclic) bond motifs is 7. The Morgan fingerprint density at radius 3 is 1.46 bits per heavy atom. The molecule has 0 N–H and O–H groups in total. The molecule has 10 aromatic rings. The topological polar surface area (TPSA) is 9.86 Å². The van der Waals surface area contributed by atoms with E-state index in [4.69, 9.17) is 0 Å². The lowest BCUT2D eigenvalue weighted by Crippen LogP contribution is -1.97. The summed E-state index contributed by atoms with van der Waals surface area (Å²) in [4.78, 5) is 0. The molecule has 2 nitrogen and oxygen atoms in total. The third-order valence-corrected chi connectivity index (χ3v) is 10.2. The molecule has 2 heterocycles. The Labute approximate surface area is 290 Å². The van der Waals surface area contributed by atoms with E-state index < -0.39 is 0 Å². The van der Waals surface area contributed by atoms with Gasteiger partial charge in [0.05, 0.1) is 27.8 Å². The SMILES string of the molecule is c1ccc(-c2ccc(-c3ccccc3-n3c4ccccc4c4c3ccc3c5ccccc5n(-c5ccc(-c6ccccc6)cc5)c34)cc2)cc1. The van der Waals surface area contributed by atoms with Crippen molar-refractivity contribution in [3.63, 3.8) is 0 Å². The summed E-state index contributed by atoms with van der Waals surface area (Å²) in [7, 11) is 0. The number of hydrogen-bond acceptors (Lipinski definition) is 0. The zero-order valence-corrected chi connectivity index (χ0v) is 27.4. The first-order chi connectivity index (χ1) is 24.8. The van der Waals surface area contributed by atoms with Gasteiger partial charge in [0.15, 0.2) is 0 Å². The number of benzene rings is 8. The van der Waals surface area contributed by atoms with Gasteiger partial charge in [-0.2, -0.15) is 0 Å². The van der Waals surface area contributed by atoms with Crippen LogP contribution in [0.15, 0.2) is 194 Å². The molecule has 0 saturated heterocycles. The van der Waals surface area contributed by atoms with Crippen molar-refractivity contribution in [2.24, 2.45) is 0 Å². The summed E-state index contributed by atoms with van der Waals surface area (Å²) in [5.74, 6) is 0. The van der Waals surface area contributed by atoms with E-state index in [2.05, 4.69) is 203 Å². The van der Waals surface area contributed by atoms with E-state index in [1.54, 1.807) is 0 Å². The molecule has 0 amide bonds. The van der Waals surface area contributed by atoms with Crippen LogP contribution in [0.1, 0.15) is 0 Å². The summed E-state index contributed by atoms with van der Waals surface area (Å²) < 4.78 is 4.93. The molecule has 50 heavy (non-hydrogen) atoms. The number of hydrogen-bond donors (Lipinski definition) is 0. The van der Waals surface area contributed by atoms with Gasteiger partial charge < -0.3 is 9.13 Å². The monoisotopic (exact) mass is 636 g/mol. The molecule has 0 bridgehead atoms. The first kappa shape index (κ1) is 28.4. The van der Waals surface area contributed by atoms with Crippen LogP contribution in [0.3, 0.4) is 0 Å². The Hall–Kier alpha value is -6.64. The lowest BCUT2D eigenvalue weighted by atomic mass is 9.99. The van der Waals surface area contributed by atoms with Crippen LogP contribution in [0.25, 0.3) is 88.4 Å². The van der Waals surface area contributed by atoms with Crippen molar-refractivity contribution >= 4 is 43.6 Å². The summed E-state index contributed by atoms with van der Waals surface area (Å²) >= 11 is 0. The largest absolute Gasteiger partial charge is 0.309 e. The Morgan fingerprint density at radius 1 is 0.280 bits per heavy atom. The maximum atomic E-state index is 2.47. The highest BCUT2D eigenvalue weighted by Gasteiger charge is 2.21. The summed E-state index contributed by atoms with van der Waals surface area (Å²) in [5, 5.41) is 5.02. The molecule has 0 aliphatic carbocycles. The average Bonchev–Trinajstić information content (AvgIpc) is 3.72. The number of rotatable bonds is 5. The van der Waals surface area contributed by atoms with E-state index in [-0.39, 0.29) is 0 Å². The van der Waals surface area contributed by atoms with Gasteiger partial charge in [-0.15, -0.1) is 0 Å². The average molecular weight is 637 g/mol. The summed E-state index contributed by atoms with van der Waals surface area (Å²) in [5.41, 5.74) is 14.4. The molecule has 0 saturated carbocycles. The smallest absolute Gasteiger partial charge is 0.0641 e. The van der Waals surface area contributed by atoms with Crippen LogP contribution in [-0.2, 0) is 0 Å². The van der Waals surface area contributed by atoms with Gasteiger partial charge in [0.1, 0.15) is 0 Å². The summed E-state index contributed by atoms with van der Waals surface area (Å²) in [6.07, 6.45) is 0. The standard InChI is InChI=1S/C48H32N2/c1-3-13-33(14-4-1)35-23-25-37(26-24-35)39-17-7-10-20-43(39)50-45-22-12-9-19-42(45)47-46(50)32-31-41-40-18-8-11-21-44(40)49(48(41)47)38-29-27-36(28-30-38)34-15-5-2-6-16-34/h1-32H. The highest BCUT2D eigenvalue weighted by Crippen LogP contribution is 2.43. The van der Waals surface area contributed by atoms with Crippen molar-refractivity contribution in [3.05, 3.63) is 194 Å². The van der Waals surface area contributed by atoms with Gasteiger partial charge in [-0.1, -0.05) is 158 Å². The van der Waals surface area contributed by atoms with Gasteiger partial charge in [-0.05, 0) is 64.2 Å². The predicted octanol–water partition coefficient (Wildman–Crippen LogP) is 12.9. The maximum Gasteiger partial charge on any atom is 0.0641 e. The lowest BCUT2D eigenvalue weighted by molar-refractivity contribution is 1.17. The minimum atomic E-state index is 1.15. The minimum Gasteiger partial charge on any atom is -0.309 e. The zero-order chi connectivity index (χ0) is 33.0. The van der Waals surface area contributed by atoms with Gasteiger partial charge >= 0.3 is 0 Å². The van der Waals surface area contributed by atoms with E-state index in [9.17, 15) is 0 Å². The van der Waals surface area contributed by atoms with E-state index in [1.807, 2.05) is 0 Å². The van der Waals surface area contributed by atoms with Gasteiger partial charge in [0.25, 0.3) is 0 Å². The maximum absolute atomic E-state index is 2.47. The highest BCUT2D eigenvalue weighted by atomic mass is 15.0. The van der Waals surface area contributed by atoms with E-state index in [0.717, 1.165) is 5.69 Å². The van der Waals surface area contributed by atoms with Crippen LogP contribution in [-0.4, -0.2) is 9.13 Å². The number of para-hydroxylation sites is 3. The van der Waals surface area contributed by atoms with E-state index in [0.29, 0.717) is 0 Å². The van der Waals surface area contributed by atoms with Crippen LogP contribution in [0, 0.1) is 0 Å². The summed E-state index contributed by atoms with van der Waals surface area (Å²) in [6, 6.07) is 70.3. The molecule has 0 atom stereocenters. The Balaban J connectivity index is 1.22. The zero-order valence-electron chi connectivity index (χ0n) is 27.4. The van der Waals surface area contributed by atoms with Crippen molar-refractivity contribution < 1.29 is 0 Å². The fraction of sp³-hybridized carbons (Fsp3) is 0. The van der Waals surface area contributed by atoms with Crippen molar-refractivity contribution in [3.8, 4) is 44.8 Å². The van der Waals surface area contributed by atoms with Crippen LogP contribution in [0.5, 0.6) is 0 Å². The van der Waals surface area contributed by atoms with Crippen LogP contribution in [0.4, 0.5) is 0 Å². The molecular weight excluding hydrogens is 605 g/mol. The Kier molecular flexibility index (Phi) is 6.53. The molecule has 0 radical (unpaired) electrons. The minimum absolute atomic E-state index is 1.15. The number of aromatic nitrogens is 2. The fourth-order valence-electron chi connectivity index (χ4n) is 7.86. The second-order valence-electron chi connectivity index (χ2n) is 12.9. The van der Waals surface area contributed by atoms with Crippen LogP contribution >= 0.6 is 0 Å². The van der Waals surface area contributed by atoms with Gasteiger partial charge in [-0.3, -0.25) is 0 Å². The first-order valence-electron chi connectivity index (χ1n) is 17.2. The normalized spacial score (nSPS) is 11.6. The molecule has 2 aromatic heterocycles. The predicted molar refractivity (Wildman–Crippen MR) is 211 cm³/mol. The van der Waals surface area contributed by atoms with Gasteiger partial charge in [-0.25, -0.2) is 0 Å². The molecule has 0 unspecified atom stereocenters. The van der Waals surface area contributed by atoms with Gasteiger partial charge in [0.2, 0.25) is 0 Å². The highest BCUT2D eigenvalue weighted by molar-refractivity contribution is 6.26. The summed E-state index contributed by atoms with van der Waals surface area (Å²) in [6.45, 7) is 0. The van der Waals surface area contributed by atoms with Crippen molar-refractivity contribution in [1.82, 2.24) is 9.13 Å². The second kappa shape index (κ2) is 11.5. The molecule has 2 heteroatoms. The van der Waals surface area contributed by atoms with Crippen molar-refractivity contribution in [2.75, 3.05) is 0 Å². The first-order valence-corrected chi connectivity index (χ1v) is 17.2. The Bertz CT molecular complexity index is 2820. The third-order valence-electron chi connectivity index (χ3n) is 10.2. The molecule has 234 valence electrons. The third kappa shape index (κ3) is 4.43. The molecule has 10 rings (SSSR count). The molecule has 0 aliphatic rings. The van der Waals surface area contributed by atoms with E-state index >= 15 is 0 Å². The quantitative estimate of drug-likeness (QED) is 0.178. The number of nitrogens with zero attached hydrogens (tertiary/aromatic N) is 2. The molecular formula is C48H32N2. The van der Waals surface area contributed by atoms with Crippen LogP contribution < -0.4 is 0 Å². The van der Waals surface area contributed by atoms with E-state index in [1.165, 1.54) is 82.7 Å². The molecule has 8 aromatic carbocycles. The van der Waals surface area contributed by atoms with Crippen LogP contribution in [0.2, 0.25) is 0 Å². The molecule has 0 aliphatic heterocycles. The molecule has 0 spiro atoms.